The number of amides is 1. The van der Waals surface area contributed by atoms with E-state index in [1.54, 1.807) is 12.1 Å². The van der Waals surface area contributed by atoms with Gasteiger partial charge in [-0.05, 0) is 0 Å². The van der Waals surface area contributed by atoms with E-state index in [1.165, 1.54) is 0 Å². The lowest BCUT2D eigenvalue weighted by molar-refractivity contribution is 0.152. The van der Waals surface area contributed by atoms with Crippen LogP contribution < -0.4 is 5.73 Å². The molecule has 0 unspecified atom stereocenters. The van der Waals surface area contributed by atoms with Gasteiger partial charge in [-0.3, -0.25) is 0 Å². The van der Waals surface area contributed by atoms with Crippen molar-refractivity contribution < 1.29 is 9.53 Å². The minimum atomic E-state index is -0.976. The Balaban J connectivity index is 3.61. The second kappa shape index (κ2) is 4.16. The summed E-state index contributed by atoms with van der Waals surface area (Å²) in [6, 6.07) is 3.23. The summed E-state index contributed by atoms with van der Waals surface area (Å²) < 4.78 is 4.18. The van der Waals surface area contributed by atoms with Gasteiger partial charge < -0.3 is 10.5 Å². The van der Waals surface area contributed by atoms with E-state index in [1.807, 2.05) is 0 Å². The van der Waals surface area contributed by atoms with Crippen LogP contribution in [0.2, 0.25) is 0 Å². The van der Waals surface area contributed by atoms with Gasteiger partial charge in [0.15, 0.2) is 5.92 Å². The van der Waals surface area contributed by atoms with Crippen LogP contribution in [-0.4, -0.2) is 12.7 Å². The van der Waals surface area contributed by atoms with Gasteiger partial charge in [0.25, 0.3) is 0 Å². The third kappa shape index (κ3) is 3.28. The number of ether oxygens (including phenoxy) is 1. The molecule has 0 saturated heterocycles. The number of rotatable bonds is 2. The molecule has 0 aromatic rings. The van der Waals surface area contributed by atoms with Gasteiger partial charge in [-0.25, -0.2) is 4.79 Å². The largest absolute Gasteiger partial charge is 0.447 e. The zero-order chi connectivity index (χ0) is 7.98. The number of carbonyl (C=O) groups is 1. The average Bonchev–Trinajstić information content (AvgIpc) is 1.90. The number of hydrogen-bond donors (Lipinski definition) is 1. The molecule has 0 rings (SSSR count). The Bertz CT molecular complexity index is 186. The zero-order valence-corrected chi connectivity index (χ0v) is 5.07. The SMILES string of the molecule is N#CC(C#N)COC(N)=O. The number of nitrogens with two attached hydrogens (primary N) is 1. The highest BCUT2D eigenvalue weighted by molar-refractivity contribution is 5.64. The standard InChI is InChI=1S/C5H5N3O2/c6-1-4(2-7)3-10-5(8)9/h4H,3H2,(H2,8,9). The van der Waals surface area contributed by atoms with E-state index in [0.717, 1.165) is 0 Å². The number of nitrogens with zero attached hydrogens (tertiary/aromatic N) is 2. The highest BCUT2D eigenvalue weighted by Gasteiger charge is 2.06. The molecule has 0 fully saturated rings. The van der Waals surface area contributed by atoms with Crippen LogP contribution in [0.15, 0.2) is 0 Å². The van der Waals surface area contributed by atoms with Crippen molar-refractivity contribution in [1.29, 1.82) is 10.5 Å². The molecule has 0 heterocycles. The molecule has 5 heteroatoms. The van der Waals surface area contributed by atoms with Crippen molar-refractivity contribution in [2.75, 3.05) is 6.61 Å². The molecule has 10 heavy (non-hydrogen) atoms. The van der Waals surface area contributed by atoms with Crippen molar-refractivity contribution in [3.8, 4) is 12.1 Å². The molecule has 2 N–H and O–H groups in total. The van der Waals surface area contributed by atoms with E-state index in [0.29, 0.717) is 0 Å². The van der Waals surface area contributed by atoms with Crippen molar-refractivity contribution in [2.45, 2.75) is 0 Å². The number of carbonyl (C=O) groups excluding carboxylic acids is 1. The van der Waals surface area contributed by atoms with Crippen molar-refractivity contribution in [1.82, 2.24) is 0 Å². The molecule has 52 valence electrons. The van der Waals surface area contributed by atoms with Gasteiger partial charge in [-0.2, -0.15) is 10.5 Å². The van der Waals surface area contributed by atoms with Crippen molar-refractivity contribution >= 4 is 6.09 Å². The van der Waals surface area contributed by atoms with Gasteiger partial charge in [0.1, 0.15) is 6.61 Å². The quantitative estimate of drug-likeness (QED) is 0.569. The maximum absolute atomic E-state index is 9.92. The molecular weight excluding hydrogens is 134 g/mol. The van der Waals surface area contributed by atoms with E-state index in [9.17, 15) is 4.79 Å². The van der Waals surface area contributed by atoms with E-state index in [4.69, 9.17) is 10.5 Å². The van der Waals surface area contributed by atoms with Gasteiger partial charge in [-0.1, -0.05) is 0 Å². The lowest BCUT2D eigenvalue weighted by atomic mass is 10.2. The molecule has 0 aromatic carbocycles. The van der Waals surface area contributed by atoms with Crippen LogP contribution in [0.5, 0.6) is 0 Å². The minimum absolute atomic E-state index is 0.262. The summed E-state index contributed by atoms with van der Waals surface area (Å²) in [5.74, 6) is -0.924. The van der Waals surface area contributed by atoms with Crippen LogP contribution in [0.4, 0.5) is 4.79 Å². The molecule has 0 radical (unpaired) electrons. The highest BCUT2D eigenvalue weighted by atomic mass is 16.5. The van der Waals surface area contributed by atoms with E-state index in [2.05, 4.69) is 10.5 Å². The normalized spacial score (nSPS) is 7.90. The Morgan fingerprint density at radius 1 is 1.60 bits per heavy atom. The Hall–Kier alpha value is -1.75. The second-order valence-electron chi connectivity index (χ2n) is 1.44. The maximum atomic E-state index is 9.92. The van der Waals surface area contributed by atoms with Gasteiger partial charge in [0, 0.05) is 0 Å². The Labute approximate surface area is 57.6 Å². The third-order valence-electron chi connectivity index (χ3n) is 0.704. The average molecular weight is 139 g/mol. The molecule has 0 spiro atoms. The summed E-state index contributed by atoms with van der Waals surface area (Å²) in [7, 11) is 0. The lowest BCUT2D eigenvalue weighted by Crippen LogP contribution is -2.17. The number of primary amides is 1. The first kappa shape index (κ1) is 8.25. The fourth-order valence-electron chi connectivity index (χ4n) is 0.269. The first-order valence-corrected chi connectivity index (χ1v) is 2.42. The summed E-state index contributed by atoms with van der Waals surface area (Å²) in [4.78, 5) is 9.92. The second-order valence-corrected chi connectivity index (χ2v) is 1.44. The van der Waals surface area contributed by atoms with Crippen molar-refractivity contribution in [3.05, 3.63) is 0 Å². The van der Waals surface area contributed by atoms with Crippen LogP contribution in [0.25, 0.3) is 0 Å². The molecule has 0 aliphatic carbocycles. The highest BCUT2D eigenvalue weighted by Crippen LogP contribution is 1.91. The topological polar surface area (TPSA) is 99.9 Å². The van der Waals surface area contributed by atoms with Crippen LogP contribution in [0.3, 0.4) is 0 Å². The summed E-state index contributed by atoms with van der Waals surface area (Å²) in [6.45, 7) is -0.262. The Kier molecular flexibility index (Phi) is 3.43. The number of hydrogen-bond acceptors (Lipinski definition) is 4. The summed E-state index contributed by atoms with van der Waals surface area (Å²) in [5.41, 5.74) is 4.57. The molecule has 0 atom stereocenters. The molecule has 0 aromatic heterocycles. The lowest BCUT2D eigenvalue weighted by Gasteiger charge is -1.98. The van der Waals surface area contributed by atoms with Crippen LogP contribution in [-0.2, 0) is 4.74 Å². The Morgan fingerprint density at radius 2 is 2.10 bits per heavy atom. The first-order valence-electron chi connectivity index (χ1n) is 2.42. The Morgan fingerprint density at radius 3 is 2.40 bits per heavy atom. The first-order chi connectivity index (χ1) is 4.70. The number of nitriles is 2. The molecule has 0 aliphatic heterocycles. The van der Waals surface area contributed by atoms with Crippen molar-refractivity contribution in [2.24, 2.45) is 11.7 Å². The molecule has 0 aliphatic rings. The third-order valence-corrected chi connectivity index (χ3v) is 0.704. The molecule has 0 bridgehead atoms. The van der Waals surface area contributed by atoms with Gasteiger partial charge in [-0.15, -0.1) is 0 Å². The fraction of sp³-hybridized carbons (Fsp3) is 0.400. The fourth-order valence-corrected chi connectivity index (χ4v) is 0.269. The van der Waals surface area contributed by atoms with E-state index < -0.39 is 12.0 Å². The van der Waals surface area contributed by atoms with Gasteiger partial charge in [0.2, 0.25) is 0 Å². The molecule has 0 saturated carbocycles. The smallest absolute Gasteiger partial charge is 0.404 e. The summed E-state index contributed by atoms with van der Waals surface area (Å²) in [5, 5.41) is 16.3. The maximum Gasteiger partial charge on any atom is 0.404 e. The van der Waals surface area contributed by atoms with E-state index >= 15 is 0 Å². The predicted octanol–water partition coefficient (Wildman–Crippen LogP) is -0.255. The molecule has 5 nitrogen and oxygen atoms in total. The van der Waals surface area contributed by atoms with Gasteiger partial charge in [0.05, 0.1) is 12.1 Å². The van der Waals surface area contributed by atoms with Crippen molar-refractivity contribution in [3.63, 3.8) is 0 Å². The molecule has 1 amide bonds. The minimum Gasteiger partial charge on any atom is -0.447 e. The summed E-state index contributed by atoms with van der Waals surface area (Å²) in [6.07, 6.45) is -0.976. The van der Waals surface area contributed by atoms with Crippen LogP contribution in [0, 0.1) is 28.6 Å². The van der Waals surface area contributed by atoms with E-state index in [-0.39, 0.29) is 6.61 Å². The molecular formula is C5H5N3O2. The summed E-state index contributed by atoms with van der Waals surface area (Å²) >= 11 is 0. The van der Waals surface area contributed by atoms with Crippen LogP contribution >= 0.6 is 0 Å². The van der Waals surface area contributed by atoms with Crippen LogP contribution in [0.1, 0.15) is 0 Å². The monoisotopic (exact) mass is 139 g/mol. The predicted molar refractivity (Wildman–Crippen MR) is 30.3 cm³/mol. The zero-order valence-electron chi connectivity index (χ0n) is 5.07. The van der Waals surface area contributed by atoms with Gasteiger partial charge >= 0.3 is 6.09 Å².